The number of hydrogen-bond acceptors (Lipinski definition) is 2. The van der Waals surface area contributed by atoms with Gasteiger partial charge in [0.1, 0.15) is 0 Å². The molecule has 0 heterocycles. The Morgan fingerprint density at radius 3 is 2.67 bits per heavy atom. The van der Waals surface area contributed by atoms with Crippen molar-refractivity contribution in [2.75, 3.05) is 6.61 Å². The van der Waals surface area contributed by atoms with Crippen molar-refractivity contribution in [3.8, 4) is 11.8 Å². The van der Waals surface area contributed by atoms with Crippen LogP contribution in [-0.2, 0) is 9.53 Å². The third kappa shape index (κ3) is 4.08. The number of allylic oxidation sites excluding steroid dienone is 5. The molecule has 0 saturated heterocycles. The number of ketones is 1. The summed E-state index contributed by atoms with van der Waals surface area (Å²) in [5.41, 5.74) is 1.31. The third-order valence-corrected chi connectivity index (χ3v) is 5.48. The van der Waals surface area contributed by atoms with E-state index < -0.39 is 0 Å². The summed E-state index contributed by atoms with van der Waals surface area (Å²) < 4.78 is 5.76. The third-order valence-electron chi connectivity index (χ3n) is 5.48. The predicted octanol–water partition coefficient (Wildman–Crippen LogP) is 4.77. The highest BCUT2D eigenvalue weighted by atomic mass is 16.5. The molecule has 2 saturated carbocycles. The van der Waals surface area contributed by atoms with Gasteiger partial charge in [-0.3, -0.25) is 4.79 Å². The Hall–Kier alpha value is -1.59. The van der Waals surface area contributed by atoms with Crippen LogP contribution in [-0.4, -0.2) is 18.5 Å². The van der Waals surface area contributed by atoms with Crippen LogP contribution in [0, 0.1) is 23.2 Å². The average Bonchev–Trinajstić information content (AvgIpc) is 3.40. The molecule has 0 radical (unpaired) electrons. The monoisotopic (exact) mass is 324 g/mol. The van der Waals surface area contributed by atoms with Crippen molar-refractivity contribution in [1.29, 1.82) is 0 Å². The molecule has 0 aromatic carbocycles. The van der Waals surface area contributed by atoms with Gasteiger partial charge in [0.05, 0.1) is 6.10 Å². The lowest BCUT2D eigenvalue weighted by molar-refractivity contribution is -0.128. The number of carbonyl (C=O) groups excluding carboxylic acids is 1. The fourth-order valence-corrected chi connectivity index (χ4v) is 3.84. The van der Waals surface area contributed by atoms with E-state index in [1.165, 1.54) is 12.8 Å². The summed E-state index contributed by atoms with van der Waals surface area (Å²) in [7, 11) is 0. The minimum Gasteiger partial charge on any atom is -0.379 e. The Bertz CT molecular complexity index is 614. The van der Waals surface area contributed by atoms with Crippen LogP contribution in [0.3, 0.4) is 0 Å². The van der Waals surface area contributed by atoms with E-state index in [2.05, 4.69) is 30.6 Å². The van der Waals surface area contributed by atoms with Crippen LogP contribution in [0.2, 0.25) is 0 Å². The molecule has 24 heavy (non-hydrogen) atoms. The molecule has 0 bridgehead atoms. The summed E-state index contributed by atoms with van der Waals surface area (Å²) in [4.78, 5) is 13.1. The van der Waals surface area contributed by atoms with E-state index in [1.54, 1.807) is 0 Å². The highest BCUT2D eigenvalue weighted by Gasteiger charge is 2.41. The van der Waals surface area contributed by atoms with Crippen molar-refractivity contribution in [3.05, 3.63) is 36.0 Å². The fourth-order valence-electron chi connectivity index (χ4n) is 3.84. The van der Waals surface area contributed by atoms with Crippen LogP contribution in [0.1, 0.15) is 58.3 Å². The summed E-state index contributed by atoms with van der Waals surface area (Å²) in [6.45, 7) is 6.87. The first-order chi connectivity index (χ1) is 11.6. The van der Waals surface area contributed by atoms with Crippen molar-refractivity contribution in [3.63, 3.8) is 0 Å². The van der Waals surface area contributed by atoms with E-state index >= 15 is 0 Å². The second-order valence-electron chi connectivity index (χ2n) is 7.37. The van der Waals surface area contributed by atoms with Gasteiger partial charge in [-0.1, -0.05) is 30.6 Å². The van der Waals surface area contributed by atoms with Gasteiger partial charge in [0.2, 0.25) is 0 Å². The van der Waals surface area contributed by atoms with Crippen LogP contribution >= 0.6 is 0 Å². The Balaban J connectivity index is 1.75. The zero-order chi connectivity index (χ0) is 17.0. The number of Topliss-reactive ketones (excluding diaryl/α,β-unsaturated/α-hetero) is 1. The normalized spacial score (nSPS) is 34.4. The summed E-state index contributed by atoms with van der Waals surface area (Å²) in [6, 6.07) is 0. The first-order valence-electron chi connectivity index (χ1n) is 9.38. The molecule has 3 aliphatic rings. The molecule has 0 unspecified atom stereocenters. The minimum absolute atomic E-state index is 0.229. The summed E-state index contributed by atoms with van der Waals surface area (Å²) in [6.07, 6.45) is 14.5. The molecular weight excluding hydrogens is 296 g/mol. The quantitative estimate of drug-likeness (QED) is 0.540. The van der Waals surface area contributed by atoms with Crippen LogP contribution < -0.4 is 0 Å². The maximum Gasteiger partial charge on any atom is 0.168 e. The van der Waals surface area contributed by atoms with E-state index in [0.29, 0.717) is 17.6 Å². The maximum atomic E-state index is 13.1. The highest BCUT2D eigenvalue weighted by Crippen LogP contribution is 2.44. The average molecular weight is 324 g/mol. The van der Waals surface area contributed by atoms with E-state index in [1.807, 2.05) is 13.0 Å². The molecule has 2 fully saturated rings. The molecule has 128 valence electrons. The molecule has 3 rings (SSSR count). The van der Waals surface area contributed by atoms with Gasteiger partial charge in [0.25, 0.3) is 0 Å². The zero-order valence-electron chi connectivity index (χ0n) is 14.8. The van der Waals surface area contributed by atoms with E-state index in [4.69, 9.17) is 4.74 Å². The molecule has 1 spiro atoms. The van der Waals surface area contributed by atoms with Gasteiger partial charge >= 0.3 is 0 Å². The molecule has 0 aromatic rings. The van der Waals surface area contributed by atoms with Crippen molar-refractivity contribution < 1.29 is 9.53 Å². The number of hydrogen-bond donors (Lipinski definition) is 0. The number of rotatable bonds is 2. The van der Waals surface area contributed by atoms with Gasteiger partial charge in [0, 0.05) is 29.1 Å². The summed E-state index contributed by atoms with van der Waals surface area (Å²) in [5, 5.41) is 0. The number of ether oxygens (including phenoxy) is 1. The zero-order valence-corrected chi connectivity index (χ0v) is 14.8. The van der Waals surface area contributed by atoms with Gasteiger partial charge in [0.15, 0.2) is 5.78 Å². The van der Waals surface area contributed by atoms with Gasteiger partial charge < -0.3 is 4.74 Å². The molecular formula is C22H28O2. The molecule has 3 aliphatic carbocycles. The smallest absolute Gasteiger partial charge is 0.168 e. The number of carbonyl (C=O) groups is 1. The highest BCUT2D eigenvalue weighted by molar-refractivity contribution is 6.02. The topological polar surface area (TPSA) is 26.3 Å². The van der Waals surface area contributed by atoms with E-state index in [9.17, 15) is 4.79 Å². The maximum absolute atomic E-state index is 13.1. The first-order valence-corrected chi connectivity index (χ1v) is 9.38. The Kier molecular flexibility index (Phi) is 5.41. The second-order valence-corrected chi connectivity index (χ2v) is 7.37. The van der Waals surface area contributed by atoms with Gasteiger partial charge in [-0.25, -0.2) is 0 Å². The summed E-state index contributed by atoms with van der Waals surface area (Å²) in [5.74, 6) is 7.31. The van der Waals surface area contributed by atoms with Crippen LogP contribution in [0.25, 0.3) is 0 Å². The standard InChI is InChI=1S/C22H28O2/c1-3-24-20-11-14-22(15-12-20)13-5-4-6-19(10-9-18-7-8-18)16-17(2)21(22)23/h4,6,16,18,20H,2-3,5,7-8,11-15H2,1H3/b6-4-,19-16+. The molecule has 0 atom stereocenters. The molecule has 2 nitrogen and oxygen atoms in total. The molecule has 0 aliphatic heterocycles. The predicted molar refractivity (Wildman–Crippen MR) is 97.4 cm³/mol. The van der Waals surface area contributed by atoms with E-state index in [0.717, 1.165) is 50.7 Å². The molecule has 0 aromatic heterocycles. The Labute approximate surface area is 146 Å². The van der Waals surface area contributed by atoms with Crippen molar-refractivity contribution in [1.82, 2.24) is 0 Å². The lowest BCUT2D eigenvalue weighted by Gasteiger charge is -2.39. The molecule has 0 N–H and O–H groups in total. The van der Waals surface area contributed by atoms with Gasteiger partial charge in [-0.05, 0) is 64.4 Å². The lowest BCUT2D eigenvalue weighted by Crippen LogP contribution is -2.38. The fraction of sp³-hybridized carbons (Fsp3) is 0.591. The second kappa shape index (κ2) is 7.53. The van der Waals surface area contributed by atoms with Crippen molar-refractivity contribution >= 4 is 5.78 Å². The lowest BCUT2D eigenvalue weighted by atomic mass is 9.66. The van der Waals surface area contributed by atoms with Crippen molar-refractivity contribution in [2.24, 2.45) is 11.3 Å². The van der Waals surface area contributed by atoms with Crippen molar-refractivity contribution in [2.45, 2.75) is 64.4 Å². The first kappa shape index (κ1) is 17.2. The van der Waals surface area contributed by atoms with Gasteiger partial charge in [-0.2, -0.15) is 0 Å². The molecule has 2 heteroatoms. The van der Waals surface area contributed by atoms with Crippen LogP contribution in [0.15, 0.2) is 36.0 Å². The Morgan fingerprint density at radius 2 is 2.00 bits per heavy atom. The van der Waals surface area contributed by atoms with Crippen LogP contribution in [0.5, 0.6) is 0 Å². The largest absolute Gasteiger partial charge is 0.379 e. The minimum atomic E-state index is -0.245. The van der Waals surface area contributed by atoms with Crippen LogP contribution in [0.4, 0.5) is 0 Å². The SMILES string of the molecule is C=C1/C=C(C#CC2CC2)\C=C/CCC2(CCC(OCC)CC2)C1=O. The van der Waals surface area contributed by atoms with Gasteiger partial charge in [-0.15, -0.1) is 0 Å². The Morgan fingerprint density at radius 1 is 1.25 bits per heavy atom. The van der Waals surface area contributed by atoms with E-state index in [-0.39, 0.29) is 11.2 Å². The summed E-state index contributed by atoms with van der Waals surface area (Å²) >= 11 is 0. The molecule has 0 amide bonds.